The number of aliphatic carboxylic acids is 1. The average Bonchev–Trinajstić information content (AvgIpc) is 2.70. The highest BCUT2D eigenvalue weighted by Gasteiger charge is 2.12. The number of aromatic nitrogens is 6. The molecular formula is C9H10N6O2S. The fourth-order valence-electron chi connectivity index (χ4n) is 1.16. The summed E-state index contributed by atoms with van der Waals surface area (Å²) in [5, 5.41) is 20.5. The fourth-order valence-corrected chi connectivity index (χ4v) is 1.92. The lowest BCUT2D eigenvalue weighted by Gasteiger charge is -2.02. The van der Waals surface area contributed by atoms with Gasteiger partial charge >= 0.3 is 5.97 Å². The van der Waals surface area contributed by atoms with Crippen LogP contribution >= 0.6 is 11.8 Å². The molecule has 18 heavy (non-hydrogen) atoms. The van der Waals surface area contributed by atoms with Gasteiger partial charge in [0.2, 0.25) is 5.16 Å². The first-order valence-corrected chi connectivity index (χ1v) is 5.84. The van der Waals surface area contributed by atoms with Gasteiger partial charge in [0, 0.05) is 0 Å². The molecule has 0 bridgehead atoms. The minimum Gasteiger partial charge on any atom is -0.480 e. The Kier molecular flexibility index (Phi) is 3.51. The van der Waals surface area contributed by atoms with Gasteiger partial charge in [0.1, 0.15) is 11.6 Å². The Morgan fingerprint density at radius 2 is 2.22 bits per heavy atom. The largest absolute Gasteiger partial charge is 0.480 e. The first-order valence-electron chi connectivity index (χ1n) is 5.02. The van der Waals surface area contributed by atoms with Gasteiger partial charge in [-0.3, -0.25) is 9.78 Å². The van der Waals surface area contributed by atoms with Crippen LogP contribution in [0.25, 0.3) is 0 Å². The van der Waals surface area contributed by atoms with Crippen LogP contribution in [0.15, 0.2) is 16.4 Å². The third kappa shape index (κ3) is 2.80. The van der Waals surface area contributed by atoms with Crippen LogP contribution in [-0.2, 0) is 11.3 Å². The van der Waals surface area contributed by atoms with E-state index in [1.807, 2.05) is 13.8 Å². The summed E-state index contributed by atoms with van der Waals surface area (Å²) in [6.45, 7) is 3.44. The van der Waals surface area contributed by atoms with Crippen LogP contribution in [0, 0.1) is 13.8 Å². The van der Waals surface area contributed by atoms with Crippen molar-refractivity contribution in [3.8, 4) is 0 Å². The van der Waals surface area contributed by atoms with E-state index in [0.29, 0.717) is 10.2 Å². The number of carbonyl (C=O) groups is 1. The van der Waals surface area contributed by atoms with Crippen molar-refractivity contribution in [1.82, 2.24) is 30.2 Å². The van der Waals surface area contributed by atoms with Gasteiger partial charge in [-0.15, -0.1) is 5.10 Å². The molecule has 0 aliphatic rings. The average molecular weight is 266 g/mol. The van der Waals surface area contributed by atoms with Crippen molar-refractivity contribution in [3.05, 3.63) is 17.6 Å². The second-order valence-electron chi connectivity index (χ2n) is 3.49. The number of aryl methyl sites for hydroxylation is 2. The maximum atomic E-state index is 10.6. The van der Waals surface area contributed by atoms with Gasteiger partial charge < -0.3 is 5.11 Å². The van der Waals surface area contributed by atoms with Gasteiger partial charge in [0.05, 0.1) is 17.6 Å². The molecule has 0 saturated carbocycles. The van der Waals surface area contributed by atoms with Crippen LogP contribution in [-0.4, -0.2) is 41.3 Å². The molecular weight excluding hydrogens is 256 g/mol. The molecule has 0 aromatic carbocycles. The zero-order valence-electron chi connectivity index (χ0n) is 9.73. The molecule has 0 fully saturated rings. The quantitative estimate of drug-likeness (QED) is 0.842. The molecule has 0 aliphatic heterocycles. The van der Waals surface area contributed by atoms with Gasteiger partial charge in [0.15, 0.2) is 0 Å². The highest BCUT2D eigenvalue weighted by Crippen LogP contribution is 2.23. The van der Waals surface area contributed by atoms with Crippen LogP contribution in [0.5, 0.6) is 0 Å². The summed E-state index contributed by atoms with van der Waals surface area (Å²) in [4.78, 5) is 19.1. The molecule has 1 N–H and O–H groups in total. The van der Waals surface area contributed by atoms with Crippen molar-refractivity contribution in [2.75, 3.05) is 0 Å². The number of tetrazole rings is 1. The predicted molar refractivity (Wildman–Crippen MR) is 61.1 cm³/mol. The molecule has 0 unspecified atom stereocenters. The number of rotatable bonds is 4. The van der Waals surface area contributed by atoms with E-state index in [2.05, 4.69) is 25.5 Å². The molecule has 2 aromatic rings. The predicted octanol–water partition coefficient (Wildman–Crippen LogP) is 0.316. The normalized spacial score (nSPS) is 10.6. The molecule has 8 nitrogen and oxygen atoms in total. The van der Waals surface area contributed by atoms with Gasteiger partial charge in [-0.2, -0.15) is 0 Å². The molecule has 0 radical (unpaired) electrons. The summed E-state index contributed by atoms with van der Waals surface area (Å²) in [5.41, 5.74) is 1.67. The molecule has 2 aromatic heterocycles. The van der Waals surface area contributed by atoms with Crippen LogP contribution in [0.4, 0.5) is 0 Å². The molecule has 2 rings (SSSR count). The number of carboxylic acids is 1. The number of nitrogens with zero attached hydrogens (tertiary/aromatic N) is 6. The van der Waals surface area contributed by atoms with E-state index >= 15 is 0 Å². The van der Waals surface area contributed by atoms with Crippen molar-refractivity contribution in [2.45, 2.75) is 30.6 Å². The van der Waals surface area contributed by atoms with Gasteiger partial charge in [-0.05, 0) is 36.0 Å². The van der Waals surface area contributed by atoms with Crippen LogP contribution in [0.3, 0.4) is 0 Å². The van der Waals surface area contributed by atoms with Gasteiger partial charge in [-0.1, -0.05) is 0 Å². The van der Waals surface area contributed by atoms with E-state index in [1.165, 1.54) is 16.4 Å². The fraction of sp³-hybridized carbons (Fsp3) is 0.333. The van der Waals surface area contributed by atoms with E-state index in [-0.39, 0.29) is 6.54 Å². The van der Waals surface area contributed by atoms with Crippen LogP contribution in [0.1, 0.15) is 11.4 Å². The summed E-state index contributed by atoms with van der Waals surface area (Å²) >= 11 is 1.18. The van der Waals surface area contributed by atoms with E-state index < -0.39 is 5.97 Å². The van der Waals surface area contributed by atoms with E-state index in [9.17, 15) is 4.79 Å². The minimum absolute atomic E-state index is 0.284. The van der Waals surface area contributed by atoms with Gasteiger partial charge in [0.25, 0.3) is 0 Å². The SMILES string of the molecule is Cc1ncc(Sc2nnnn2CC(=O)O)nc1C. The molecule has 2 heterocycles. The van der Waals surface area contributed by atoms with E-state index in [4.69, 9.17) is 5.11 Å². The third-order valence-electron chi connectivity index (χ3n) is 2.15. The molecule has 0 atom stereocenters. The number of hydrogen-bond donors (Lipinski definition) is 1. The topological polar surface area (TPSA) is 107 Å². The Hall–Kier alpha value is -2.03. The monoisotopic (exact) mass is 266 g/mol. The molecule has 0 aliphatic carbocycles. The van der Waals surface area contributed by atoms with Crippen molar-refractivity contribution < 1.29 is 9.90 Å². The number of carboxylic acid groups (broad SMARTS) is 1. The first-order chi connectivity index (χ1) is 8.56. The standard InChI is InChI=1S/C9H10N6O2S/c1-5-6(2)11-7(3-10-5)18-9-12-13-14-15(9)4-8(16)17/h3H,4H2,1-2H3,(H,16,17). The van der Waals surface area contributed by atoms with E-state index in [0.717, 1.165) is 11.4 Å². The Morgan fingerprint density at radius 1 is 1.44 bits per heavy atom. The smallest absolute Gasteiger partial charge is 0.325 e. The maximum Gasteiger partial charge on any atom is 0.325 e. The third-order valence-corrected chi connectivity index (χ3v) is 3.03. The summed E-state index contributed by atoms with van der Waals surface area (Å²) in [6, 6.07) is 0. The van der Waals surface area contributed by atoms with Crippen LogP contribution in [0.2, 0.25) is 0 Å². The highest BCUT2D eigenvalue weighted by molar-refractivity contribution is 7.99. The molecule has 0 spiro atoms. The Bertz CT molecular complexity index is 584. The Labute approximate surface area is 106 Å². The summed E-state index contributed by atoms with van der Waals surface area (Å²) in [7, 11) is 0. The highest BCUT2D eigenvalue weighted by atomic mass is 32.2. The van der Waals surface area contributed by atoms with Gasteiger partial charge in [-0.25, -0.2) is 9.67 Å². The molecule has 94 valence electrons. The van der Waals surface area contributed by atoms with E-state index in [1.54, 1.807) is 6.20 Å². The lowest BCUT2D eigenvalue weighted by molar-refractivity contribution is -0.138. The lowest BCUT2D eigenvalue weighted by atomic mass is 10.4. The van der Waals surface area contributed by atoms with Crippen molar-refractivity contribution >= 4 is 17.7 Å². The minimum atomic E-state index is -1.00. The Morgan fingerprint density at radius 3 is 2.89 bits per heavy atom. The van der Waals surface area contributed by atoms with Crippen LogP contribution < -0.4 is 0 Å². The molecule has 0 amide bonds. The lowest BCUT2D eigenvalue weighted by Crippen LogP contribution is -2.11. The number of hydrogen-bond acceptors (Lipinski definition) is 7. The summed E-state index contributed by atoms with van der Waals surface area (Å²) in [5.74, 6) is -1.00. The summed E-state index contributed by atoms with van der Waals surface area (Å²) in [6.07, 6.45) is 1.60. The summed E-state index contributed by atoms with van der Waals surface area (Å²) < 4.78 is 1.20. The first kappa shape index (κ1) is 12.4. The second-order valence-corrected chi connectivity index (χ2v) is 4.48. The molecule has 0 saturated heterocycles. The van der Waals surface area contributed by atoms with Crippen molar-refractivity contribution in [2.24, 2.45) is 0 Å². The second kappa shape index (κ2) is 5.08. The van der Waals surface area contributed by atoms with Crippen molar-refractivity contribution in [3.63, 3.8) is 0 Å². The Balaban J connectivity index is 2.20. The maximum absolute atomic E-state index is 10.6. The zero-order chi connectivity index (χ0) is 13.1. The zero-order valence-corrected chi connectivity index (χ0v) is 10.5. The van der Waals surface area contributed by atoms with Crippen molar-refractivity contribution in [1.29, 1.82) is 0 Å². The molecule has 9 heteroatoms.